The van der Waals surface area contributed by atoms with E-state index >= 15 is 0 Å². The summed E-state index contributed by atoms with van der Waals surface area (Å²) in [7, 11) is -1.66. The van der Waals surface area contributed by atoms with Crippen molar-refractivity contribution in [1.29, 1.82) is 0 Å². The molecule has 3 aromatic rings. The number of ether oxygens (including phenoxy) is 2. The Bertz CT molecular complexity index is 1320. The number of sulfone groups is 1. The minimum Gasteiger partial charge on any atom is -0.496 e. The van der Waals surface area contributed by atoms with Crippen molar-refractivity contribution in [1.82, 2.24) is 5.32 Å². The van der Waals surface area contributed by atoms with Gasteiger partial charge in [0.15, 0.2) is 15.6 Å². The van der Waals surface area contributed by atoms with Gasteiger partial charge in [0.2, 0.25) is 5.91 Å². The van der Waals surface area contributed by atoms with E-state index in [1.807, 2.05) is 12.1 Å². The van der Waals surface area contributed by atoms with Gasteiger partial charge in [0.25, 0.3) is 0 Å². The van der Waals surface area contributed by atoms with Crippen LogP contribution in [0.3, 0.4) is 0 Å². The van der Waals surface area contributed by atoms with Crippen LogP contribution in [-0.4, -0.2) is 27.7 Å². The van der Waals surface area contributed by atoms with Crippen LogP contribution in [0.1, 0.15) is 36.5 Å². The van der Waals surface area contributed by atoms with Gasteiger partial charge in [-0.1, -0.05) is 55.2 Å². The van der Waals surface area contributed by atoms with Gasteiger partial charge in [-0.2, -0.15) is 0 Å². The fraction of sp³-hybridized carbons (Fsp3) is 0.269. The fourth-order valence-corrected chi connectivity index (χ4v) is 4.59. The molecule has 186 valence electrons. The van der Waals surface area contributed by atoms with Crippen LogP contribution in [0.2, 0.25) is 10.0 Å². The molecular formula is C26H27Cl2NO5S. The van der Waals surface area contributed by atoms with Crippen LogP contribution in [0.5, 0.6) is 17.2 Å². The Balaban J connectivity index is 1.71. The lowest BCUT2D eigenvalue weighted by atomic mass is 10.0. The Kier molecular flexibility index (Phi) is 8.70. The van der Waals surface area contributed by atoms with Crippen LogP contribution in [0, 0.1) is 0 Å². The summed E-state index contributed by atoms with van der Waals surface area (Å²) in [4.78, 5) is 12.6. The first-order valence-corrected chi connectivity index (χ1v) is 13.5. The van der Waals surface area contributed by atoms with Crippen LogP contribution < -0.4 is 14.8 Å². The molecule has 0 unspecified atom stereocenters. The van der Waals surface area contributed by atoms with Gasteiger partial charge in [-0.15, -0.1) is 0 Å². The lowest BCUT2D eigenvalue weighted by Crippen LogP contribution is -2.24. The highest BCUT2D eigenvalue weighted by molar-refractivity contribution is 7.90. The van der Waals surface area contributed by atoms with Gasteiger partial charge in [0.1, 0.15) is 11.5 Å². The highest BCUT2D eigenvalue weighted by Gasteiger charge is 2.16. The molecule has 0 bridgehead atoms. The van der Waals surface area contributed by atoms with Crippen LogP contribution >= 0.6 is 23.2 Å². The molecule has 0 atom stereocenters. The number of rotatable bonds is 9. The summed E-state index contributed by atoms with van der Waals surface area (Å²) >= 11 is 12.9. The summed E-state index contributed by atoms with van der Waals surface area (Å²) in [6.07, 6.45) is 1.24. The number of benzene rings is 3. The molecular weight excluding hydrogens is 509 g/mol. The van der Waals surface area contributed by atoms with E-state index in [9.17, 15) is 13.2 Å². The van der Waals surface area contributed by atoms with Crippen LogP contribution in [-0.2, 0) is 27.6 Å². The SMILES string of the molecule is COc1ccc(Oc2c(Cl)ccc(CNC(=O)Cc3ccc(S(C)(=O)=O)cc3)c2Cl)cc1C(C)C. The van der Waals surface area contributed by atoms with Crippen LogP contribution in [0.25, 0.3) is 0 Å². The topological polar surface area (TPSA) is 81.7 Å². The number of carbonyl (C=O) groups is 1. The maximum Gasteiger partial charge on any atom is 0.224 e. The van der Waals surface area contributed by atoms with Gasteiger partial charge < -0.3 is 14.8 Å². The first kappa shape index (κ1) is 26.9. The monoisotopic (exact) mass is 535 g/mol. The first-order valence-electron chi connectivity index (χ1n) is 10.9. The Morgan fingerprint density at radius 3 is 2.31 bits per heavy atom. The average molecular weight is 536 g/mol. The smallest absolute Gasteiger partial charge is 0.224 e. The van der Waals surface area contributed by atoms with E-state index in [0.29, 0.717) is 32.7 Å². The summed E-state index contributed by atoms with van der Waals surface area (Å²) in [6.45, 7) is 4.29. The second-order valence-corrected chi connectivity index (χ2v) is 11.2. The number of amides is 1. The van der Waals surface area contributed by atoms with Crippen molar-refractivity contribution >= 4 is 38.9 Å². The van der Waals surface area contributed by atoms with Crippen molar-refractivity contribution in [3.63, 3.8) is 0 Å². The van der Waals surface area contributed by atoms with Crippen molar-refractivity contribution in [2.24, 2.45) is 0 Å². The summed E-state index contributed by atoms with van der Waals surface area (Å²) < 4.78 is 34.6. The second-order valence-electron chi connectivity index (χ2n) is 8.38. The molecule has 0 aliphatic rings. The highest BCUT2D eigenvalue weighted by atomic mass is 35.5. The quantitative estimate of drug-likeness (QED) is 0.353. The maximum absolute atomic E-state index is 12.4. The largest absolute Gasteiger partial charge is 0.496 e. The van der Waals surface area contributed by atoms with Crippen molar-refractivity contribution in [3.8, 4) is 17.2 Å². The molecule has 0 saturated carbocycles. The predicted octanol–water partition coefficient (Wildman–Crippen LogP) is 6.18. The fourth-order valence-electron chi connectivity index (χ4n) is 3.44. The van der Waals surface area contributed by atoms with E-state index in [1.54, 1.807) is 37.4 Å². The molecule has 9 heteroatoms. The zero-order valence-electron chi connectivity index (χ0n) is 19.9. The van der Waals surface area contributed by atoms with Crippen molar-refractivity contribution < 1.29 is 22.7 Å². The lowest BCUT2D eigenvalue weighted by molar-refractivity contribution is -0.120. The number of nitrogens with one attached hydrogen (secondary N) is 1. The first-order chi connectivity index (χ1) is 16.5. The third kappa shape index (κ3) is 6.90. The maximum atomic E-state index is 12.4. The summed E-state index contributed by atoms with van der Waals surface area (Å²) in [5.41, 5.74) is 2.33. The Hall–Kier alpha value is -2.74. The van der Waals surface area contributed by atoms with Crippen LogP contribution in [0.15, 0.2) is 59.5 Å². The zero-order chi connectivity index (χ0) is 25.8. The second kappa shape index (κ2) is 11.3. The Morgan fingerprint density at radius 1 is 1.03 bits per heavy atom. The van der Waals surface area contributed by atoms with Crippen molar-refractivity contribution in [2.75, 3.05) is 13.4 Å². The molecule has 0 heterocycles. The van der Waals surface area contributed by atoms with E-state index in [4.69, 9.17) is 32.7 Å². The average Bonchev–Trinajstić information content (AvgIpc) is 2.80. The van der Waals surface area contributed by atoms with Gasteiger partial charge in [-0.3, -0.25) is 4.79 Å². The van der Waals surface area contributed by atoms with Gasteiger partial charge in [0.05, 0.1) is 28.5 Å². The molecule has 0 spiro atoms. The van der Waals surface area contributed by atoms with Gasteiger partial charge >= 0.3 is 0 Å². The zero-order valence-corrected chi connectivity index (χ0v) is 22.2. The normalized spacial score (nSPS) is 11.4. The minimum absolute atomic E-state index is 0.0996. The van der Waals surface area contributed by atoms with Gasteiger partial charge in [0, 0.05) is 18.4 Å². The Labute approximate surface area is 216 Å². The number of halogens is 2. The van der Waals surface area contributed by atoms with Gasteiger partial charge in [-0.05, 0) is 53.4 Å². The summed E-state index contributed by atoms with van der Waals surface area (Å²) in [5.74, 6) is 1.63. The molecule has 1 N–H and O–H groups in total. The molecule has 0 aliphatic heterocycles. The van der Waals surface area contributed by atoms with Gasteiger partial charge in [-0.25, -0.2) is 8.42 Å². The molecule has 1 amide bonds. The Morgan fingerprint density at radius 2 is 1.71 bits per heavy atom. The number of methoxy groups -OCH3 is 1. The molecule has 3 aromatic carbocycles. The third-order valence-corrected chi connectivity index (χ3v) is 7.20. The van der Waals surface area contributed by atoms with E-state index in [-0.39, 0.29) is 29.7 Å². The molecule has 0 radical (unpaired) electrons. The highest BCUT2D eigenvalue weighted by Crippen LogP contribution is 2.40. The third-order valence-electron chi connectivity index (χ3n) is 5.36. The van der Waals surface area contributed by atoms with Crippen molar-refractivity contribution in [2.45, 2.75) is 37.6 Å². The minimum atomic E-state index is -3.28. The van der Waals surface area contributed by atoms with Crippen molar-refractivity contribution in [3.05, 3.63) is 81.3 Å². The molecule has 0 fully saturated rings. The summed E-state index contributed by atoms with van der Waals surface area (Å²) in [6, 6.07) is 15.1. The van der Waals surface area contributed by atoms with E-state index in [2.05, 4.69) is 19.2 Å². The molecule has 35 heavy (non-hydrogen) atoms. The standard InChI is InChI=1S/C26H27Cl2NO5S/c1-16(2)21-14-19(8-12-23(21)33-3)34-26-22(27)11-7-18(25(26)28)15-29-24(30)13-17-5-9-20(10-6-17)35(4,31)32/h5-12,14,16H,13,15H2,1-4H3,(H,29,30). The van der Waals surface area contributed by atoms with E-state index < -0.39 is 9.84 Å². The molecule has 6 nitrogen and oxygen atoms in total. The lowest BCUT2D eigenvalue weighted by Gasteiger charge is -2.16. The molecule has 0 aliphatic carbocycles. The number of hydrogen-bond acceptors (Lipinski definition) is 5. The molecule has 0 saturated heterocycles. The predicted molar refractivity (Wildman–Crippen MR) is 139 cm³/mol. The number of hydrogen-bond donors (Lipinski definition) is 1. The van der Waals surface area contributed by atoms with E-state index in [1.165, 1.54) is 12.1 Å². The van der Waals surface area contributed by atoms with Crippen LogP contribution in [0.4, 0.5) is 0 Å². The van der Waals surface area contributed by atoms with E-state index in [0.717, 1.165) is 17.6 Å². The summed E-state index contributed by atoms with van der Waals surface area (Å²) in [5, 5.41) is 3.47. The molecule has 0 aromatic heterocycles. The number of carbonyl (C=O) groups excluding carboxylic acids is 1. The molecule has 3 rings (SSSR count).